The van der Waals surface area contributed by atoms with Crippen molar-refractivity contribution in [3.05, 3.63) is 66.2 Å². The van der Waals surface area contributed by atoms with E-state index in [1.807, 2.05) is 38.4 Å². The Labute approximate surface area is 415 Å². The van der Waals surface area contributed by atoms with Gasteiger partial charge in [0.1, 0.15) is 0 Å². The first-order valence-corrected chi connectivity index (χ1v) is 24.0. The van der Waals surface area contributed by atoms with Crippen molar-refractivity contribution in [3.63, 3.8) is 0 Å². The molecule has 0 aliphatic rings. The SMILES string of the molecule is CC(C)Cc1sc(NCC(CCCCN(C)C)C(=O)O)nc1-c1ccc(Cl)c(Cl)c1.COC(=O)C(CCCCN(C)C)CNc1nc(-c2ccc(Cl)c(Cl)c2)c(CC(C)C)s1.[Li+].[OH-]. The third-order valence-corrected chi connectivity index (χ3v) is 13.2. The van der Waals surface area contributed by atoms with Crippen LogP contribution in [0.2, 0.25) is 20.1 Å². The van der Waals surface area contributed by atoms with Crippen LogP contribution in [0, 0.1) is 23.7 Å². The van der Waals surface area contributed by atoms with Gasteiger partial charge in [0, 0.05) is 34.0 Å². The number of esters is 1. The summed E-state index contributed by atoms with van der Waals surface area (Å²) in [7, 11) is 9.61. The van der Waals surface area contributed by atoms with Gasteiger partial charge in [-0.25, -0.2) is 9.97 Å². The number of halogens is 4. The number of benzene rings is 2. The minimum atomic E-state index is -0.768. The van der Waals surface area contributed by atoms with E-state index in [4.69, 9.17) is 61.1 Å². The van der Waals surface area contributed by atoms with Crippen LogP contribution in [0.3, 0.4) is 0 Å². The first-order valence-electron chi connectivity index (χ1n) is 20.9. The molecule has 2 aromatic carbocycles. The first-order chi connectivity index (χ1) is 28.9. The summed E-state index contributed by atoms with van der Waals surface area (Å²) < 4.78 is 5.02. The van der Waals surface area contributed by atoms with Crippen molar-refractivity contribution in [3.8, 4) is 22.5 Å². The zero-order valence-electron chi connectivity index (χ0n) is 38.5. The number of thiazole rings is 2. The van der Waals surface area contributed by atoms with Crippen LogP contribution in [0.4, 0.5) is 10.3 Å². The molecule has 4 N–H and O–H groups in total. The molecule has 4 rings (SSSR count). The zero-order chi connectivity index (χ0) is 45.2. The Morgan fingerprint density at radius 2 is 1.08 bits per heavy atom. The Bertz CT molecular complexity index is 1980. The number of aromatic nitrogens is 2. The van der Waals surface area contributed by atoms with Gasteiger partial charge in [-0.05, 0) is 116 Å². The molecule has 63 heavy (non-hydrogen) atoms. The molecule has 0 radical (unpaired) electrons. The second-order valence-electron chi connectivity index (χ2n) is 16.7. The zero-order valence-corrected chi connectivity index (χ0v) is 43.2. The summed E-state index contributed by atoms with van der Waals surface area (Å²) in [5.41, 5.74) is 3.67. The van der Waals surface area contributed by atoms with Crippen molar-refractivity contribution in [2.45, 2.75) is 79.1 Å². The molecule has 0 saturated carbocycles. The number of nitrogens with one attached hydrogen (secondary N) is 2. The van der Waals surface area contributed by atoms with Crippen molar-refractivity contribution in [1.29, 1.82) is 0 Å². The molecule has 2 atom stereocenters. The van der Waals surface area contributed by atoms with Crippen molar-refractivity contribution in [2.24, 2.45) is 23.7 Å². The fourth-order valence-corrected chi connectivity index (χ4v) is 9.45. The van der Waals surface area contributed by atoms with Gasteiger partial charge >= 0.3 is 30.8 Å². The number of hydrogen-bond donors (Lipinski definition) is 3. The van der Waals surface area contributed by atoms with Crippen LogP contribution in [-0.4, -0.2) is 104 Å². The van der Waals surface area contributed by atoms with Crippen LogP contribution in [0.25, 0.3) is 22.5 Å². The van der Waals surface area contributed by atoms with E-state index >= 15 is 0 Å². The number of carboxylic acids is 1. The predicted octanol–water partition coefficient (Wildman–Crippen LogP) is 9.24. The van der Waals surface area contributed by atoms with Crippen LogP contribution < -0.4 is 29.5 Å². The summed E-state index contributed by atoms with van der Waals surface area (Å²) in [5.74, 6) is -0.606. The second kappa shape index (κ2) is 30.2. The Morgan fingerprint density at radius 1 is 0.683 bits per heavy atom. The van der Waals surface area contributed by atoms with Crippen molar-refractivity contribution in [2.75, 3.05) is 72.1 Å². The molecule has 0 fully saturated rings. The maximum Gasteiger partial charge on any atom is 1.00 e. The van der Waals surface area contributed by atoms with Gasteiger partial charge in [-0.1, -0.05) is 99.1 Å². The standard InChI is InChI=1S/C23H33Cl2N3O2S.C22H31Cl2N3O2S.Li.H2O/c1-15(2)12-20-21(16-9-10-18(24)19(25)13-16)27-23(31-20)26-14-17(22(29)30-5)8-6-7-11-28(3)4;1-14(2)11-19-20(15-8-9-17(23)18(24)12-15)26-22(30-19)25-13-16(21(28)29)7-5-6-10-27(3)4;;/h9-10,13,15,17H,6-8,11-12,14H2,1-5H3,(H,26,27);8-9,12,14,16H,5-7,10-11,13H2,1-4H3,(H,25,26)(H,28,29);;1H2/q;;+1;/p-1. The van der Waals surface area contributed by atoms with E-state index in [9.17, 15) is 14.7 Å². The molecule has 2 unspecified atom stereocenters. The molecule has 0 spiro atoms. The quantitative estimate of drug-likeness (QED) is 0.0351. The number of ether oxygens (including phenoxy) is 1. The molecule has 0 aliphatic carbocycles. The normalized spacial score (nSPS) is 12.1. The molecule has 2 aromatic heterocycles. The van der Waals surface area contributed by atoms with Crippen LogP contribution in [-0.2, 0) is 27.2 Å². The van der Waals surface area contributed by atoms with Gasteiger partial charge < -0.3 is 35.8 Å². The summed E-state index contributed by atoms with van der Waals surface area (Å²) in [5, 5.41) is 19.8. The predicted molar refractivity (Wildman–Crippen MR) is 263 cm³/mol. The Hall–Kier alpha value is -2.12. The van der Waals surface area contributed by atoms with Crippen LogP contribution >= 0.6 is 69.1 Å². The molecule has 0 aliphatic heterocycles. The number of nitrogens with zero attached hydrogens (tertiary/aromatic N) is 4. The molecular weight excluding hydrogens is 917 g/mol. The fourth-order valence-electron chi connectivity index (χ4n) is 6.45. The van der Waals surface area contributed by atoms with Gasteiger partial charge in [-0.3, -0.25) is 9.59 Å². The average molecular weight is 983 g/mol. The van der Waals surface area contributed by atoms with E-state index in [-0.39, 0.29) is 36.2 Å². The molecule has 2 heterocycles. The van der Waals surface area contributed by atoms with E-state index in [0.29, 0.717) is 51.4 Å². The number of aliphatic carboxylic acids is 1. The molecule has 0 amide bonds. The van der Waals surface area contributed by atoms with Gasteiger partial charge in [0.25, 0.3) is 0 Å². The minimum absolute atomic E-state index is 0. The number of carbonyl (C=O) groups is 2. The van der Waals surface area contributed by atoms with Crippen molar-refractivity contribution < 1.29 is 43.8 Å². The van der Waals surface area contributed by atoms with Crippen LogP contribution in [0.5, 0.6) is 0 Å². The third-order valence-electron chi connectivity index (χ3n) is 9.67. The minimum Gasteiger partial charge on any atom is -0.870 e. The van der Waals surface area contributed by atoms with E-state index < -0.39 is 11.9 Å². The molecule has 346 valence electrons. The number of rotatable bonds is 24. The van der Waals surface area contributed by atoms with E-state index in [2.05, 4.69) is 62.2 Å². The maximum atomic E-state index is 12.3. The van der Waals surface area contributed by atoms with Gasteiger partial charge in [0.05, 0.1) is 50.4 Å². The summed E-state index contributed by atoms with van der Waals surface area (Å²) >= 11 is 27.8. The molecule has 18 heteroatoms. The molecule has 11 nitrogen and oxygen atoms in total. The van der Waals surface area contributed by atoms with Gasteiger partial charge in [0.15, 0.2) is 10.3 Å². The van der Waals surface area contributed by atoms with Gasteiger partial charge in [-0.2, -0.15) is 0 Å². The van der Waals surface area contributed by atoms with Crippen molar-refractivity contribution >= 4 is 91.3 Å². The maximum absolute atomic E-state index is 12.3. The Kier molecular flexibility index (Phi) is 28.2. The van der Waals surface area contributed by atoms with E-state index in [0.717, 1.165) is 95.7 Å². The summed E-state index contributed by atoms with van der Waals surface area (Å²) in [4.78, 5) is 40.1. The monoisotopic (exact) mass is 980 g/mol. The first kappa shape index (κ1) is 58.9. The van der Waals surface area contributed by atoms with Gasteiger partial charge in [0.2, 0.25) is 0 Å². The molecule has 4 aromatic rings. The van der Waals surface area contributed by atoms with Crippen LogP contribution in [0.1, 0.15) is 76.0 Å². The number of unbranched alkanes of at least 4 members (excludes halogenated alkanes) is 2. The van der Waals surface area contributed by atoms with E-state index in [1.54, 1.807) is 34.8 Å². The third kappa shape index (κ3) is 20.9. The smallest absolute Gasteiger partial charge is 0.870 e. The second-order valence-corrected chi connectivity index (χ2v) is 20.4. The molecule has 0 bridgehead atoms. The van der Waals surface area contributed by atoms with E-state index in [1.165, 1.54) is 12.0 Å². The topological polar surface area (TPSA) is 150 Å². The number of carboxylic acid groups (broad SMARTS) is 1. The fraction of sp³-hybridized carbons (Fsp3) is 0.556. The van der Waals surface area contributed by atoms with Gasteiger partial charge in [-0.15, -0.1) is 22.7 Å². The Balaban J connectivity index is 0.000000611. The number of hydrogen-bond acceptors (Lipinski definition) is 12. The summed E-state index contributed by atoms with van der Waals surface area (Å²) in [6.07, 6.45) is 7.16. The Morgan fingerprint density at radius 3 is 1.43 bits per heavy atom. The summed E-state index contributed by atoms with van der Waals surface area (Å²) in [6.45, 7) is 11.6. The largest absolute Gasteiger partial charge is 1.00 e. The number of anilines is 2. The summed E-state index contributed by atoms with van der Waals surface area (Å²) in [6, 6.07) is 11.1. The molecular formula is C45H65Cl4LiN6O5S2. The van der Waals surface area contributed by atoms with Crippen LogP contribution in [0.15, 0.2) is 36.4 Å². The number of methoxy groups -OCH3 is 1. The number of carbonyl (C=O) groups excluding carboxylic acids is 1. The van der Waals surface area contributed by atoms with Crippen molar-refractivity contribution in [1.82, 2.24) is 19.8 Å². The average Bonchev–Trinajstić information content (AvgIpc) is 3.78. The molecule has 0 saturated heterocycles.